The number of benzene rings is 2. The Morgan fingerprint density at radius 1 is 1.04 bits per heavy atom. The molecule has 144 valence electrons. The van der Waals surface area contributed by atoms with Gasteiger partial charge in [-0.2, -0.15) is 0 Å². The van der Waals surface area contributed by atoms with Gasteiger partial charge in [-0.1, -0.05) is 32.0 Å². The molecule has 0 aromatic heterocycles. The third-order valence-electron chi connectivity index (χ3n) is 3.97. The molecule has 1 atom stereocenters. The highest BCUT2D eigenvalue weighted by Crippen LogP contribution is 2.18. The van der Waals surface area contributed by atoms with Crippen molar-refractivity contribution in [3.63, 3.8) is 0 Å². The zero-order chi connectivity index (χ0) is 19.6. The summed E-state index contributed by atoms with van der Waals surface area (Å²) in [5.41, 5.74) is 0.534. The van der Waals surface area contributed by atoms with Gasteiger partial charge in [0.05, 0.1) is 0 Å². The SMILES string of the molecule is CC(C)C(NC(=O)c1ccccc1)C(=O)NCCCSc1ccc(F)cc1. The lowest BCUT2D eigenvalue weighted by atomic mass is 10.0. The van der Waals surface area contributed by atoms with Crippen LogP contribution in [0.1, 0.15) is 30.6 Å². The van der Waals surface area contributed by atoms with Crippen LogP contribution < -0.4 is 10.6 Å². The second kappa shape index (κ2) is 10.7. The van der Waals surface area contributed by atoms with E-state index in [4.69, 9.17) is 0 Å². The number of halogens is 1. The number of hydrogen-bond donors (Lipinski definition) is 2. The summed E-state index contributed by atoms with van der Waals surface area (Å²) in [6, 6.07) is 14.6. The maximum Gasteiger partial charge on any atom is 0.251 e. The molecular formula is C21H25FN2O2S. The third-order valence-corrected chi connectivity index (χ3v) is 5.07. The molecule has 4 nitrogen and oxygen atoms in total. The summed E-state index contributed by atoms with van der Waals surface area (Å²) in [5, 5.41) is 5.70. The predicted octanol–water partition coefficient (Wildman–Crippen LogP) is 3.88. The monoisotopic (exact) mass is 388 g/mol. The number of rotatable bonds is 9. The van der Waals surface area contributed by atoms with Crippen molar-refractivity contribution in [2.45, 2.75) is 31.2 Å². The normalized spacial score (nSPS) is 11.9. The summed E-state index contributed by atoms with van der Waals surface area (Å²) in [6.07, 6.45) is 0.783. The van der Waals surface area contributed by atoms with Crippen LogP contribution in [0.3, 0.4) is 0 Å². The second-order valence-electron chi connectivity index (χ2n) is 6.51. The lowest BCUT2D eigenvalue weighted by Gasteiger charge is -2.21. The Kier molecular flexibility index (Phi) is 8.33. The first-order valence-corrected chi connectivity index (χ1v) is 9.98. The molecular weight excluding hydrogens is 363 g/mol. The van der Waals surface area contributed by atoms with Gasteiger partial charge in [0.1, 0.15) is 11.9 Å². The van der Waals surface area contributed by atoms with Crippen LogP contribution in [0.4, 0.5) is 4.39 Å². The maximum atomic E-state index is 12.9. The van der Waals surface area contributed by atoms with Gasteiger partial charge in [0.2, 0.25) is 5.91 Å². The minimum Gasteiger partial charge on any atom is -0.354 e. The van der Waals surface area contributed by atoms with Crippen LogP contribution in [0, 0.1) is 11.7 Å². The van der Waals surface area contributed by atoms with Crippen molar-refractivity contribution < 1.29 is 14.0 Å². The van der Waals surface area contributed by atoms with Crippen LogP contribution in [-0.4, -0.2) is 30.2 Å². The molecule has 2 rings (SSSR count). The van der Waals surface area contributed by atoms with Gasteiger partial charge in [-0.15, -0.1) is 11.8 Å². The molecule has 0 aliphatic carbocycles. The summed E-state index contributed by atoms with van der Waals surface area (Å²) in [7, 11) is 0. The van der Waals surface area contributed by atoms with E-state index in [-0.39, 0.29) is 23.5 Å². The van der Waals surface area contributed by atoms with Crippen molar-refractivity contribution in [3.05, 3.63) is 66.0 Å². The van der Waals surface area contributed by atoms with Crippen LogP contribution in [-0.2, 0) is 4.79 Å². The molecule has 0 spiro atoms. The van der Waals surface area contributed by atoms with E-state index in [2.05, 4.69) is 10.6 Å². The van der Waals surface area contributed by atoms with Crippen molar-refractivity contribution in [2.75, 3.05) is 12.3 Å². The Balaban J connectivity index is 1.75. The Hall–Kier alpha value is -2.34. The topological polar surface area (TPSA) is 58.2 Å². The standard InChI is InChI=1S/C21H25FN2O2S/c1-15(2)19(24-20(25)16-7-4-3-5-8-16)21(26)23-13-6-14-27-18-11-9-17(22)10-12-18/h3-5,7-12,15,19H,6,13-14H2,1-2H3,(H,23,26)(H,24,25). The van der Waals surface area contributed by atoms with Gasteiger partial charge in [0, 0.05) is 17.0 Å². The van der Waals surface area contributed by atoms with E-state index in [1.54, 1.807) is 48.2 Å². The molecule has 1 unspecified atom stereocenters. The van der Waals surface area contributed by atoms with Crippen LogP contribution in [0.15, 0.2) is 59.5 Å². The first-order chi connectivity index (χ1) is 13.0. The number of hydrogen-bond acceptors (Lipinski definition) is 3. The summed E-state index contributed by atoms with van der Waals surface area (Å²) in [5.74, 6) is 0.113. The summed E-state index contributed by atoms with van der Waals surface area (Å²) in [6.45, 7) is 4.33. The van der Waals surface area contributed by atoms with Gasteiger partial charge < -0.3 is 10.6 Å². The fourth-order valence-corrected chi connectivity index (χ4v) is 3.32. The summed E-state index contributed by atoms with van der Waals surface area (Å²) < 4.78 is 12.9. The first kappa shape index (κ1) is 21.0. The molecule has 0 heterocycles. The van der Waals surface area contributed by atoms with Crippen molar-refractivity contribution in [1.82, 2.24) is 10.6 Å². The number of carbonyl (C=O) groups excluding carboxylic acids is 2. The van der Waals surface area contributed by atoms with E-state index in [1.807, 2.05) is 19.9 Å². The molecule has 2 N–H and O–H groups in total. The largest absolute Gasteiger partial charge is 0.354 e. The van der Waals surface area contributed by atoms with Gasteiger partial charge >= 0.3 is 0 Å². The van der Waals surface area contributed by atoms with Gasteiger partial charge in [-0.3, -0.25) is 9.59 Å². The van der Waals surface area contributed by atoms with Crippen molar-refractivity contribution in [2.24, 2.45) is 5.92 Å². The van der Waals surface area contributed by atoms with E-state index < -0.39 is 6.04 Å². The Morgan fingerprint density at radius 2 is 1.70 bits per heavy atom. The zero-order valence-corrected chi connectivity index (χ0v) is 16.4. The molecule has 0 fully saturated rings. The molecule has 2 aromatic carbocycles. The van der Waals surface area contributed by atoms with Crippen LogP contribution in [0.5, 0.6) is 0 Å². The number of nitrogens with one attached hydrogen (secondary N) is 2. The maximum absolute atomic E-state index is 12.9. The van der Waals surface area contributed by atoms with E-state index in [1.165, 1.54) is 12.1 Å². The molecule has 0 aliphatic heterocycles. The summed E-state index contributed by atoms with van der Waals surface area (Å²) in [4.78, 5) is 25.7. The summed E-state index contributed by atoms with van der Waals surface area (Å²) >= 11 is 1.62. The molecule has 27 heavy (non-hydrogen) atoms. The van der Waals surface area contributed by atoms with E-state index in [9.17, 15) is 14.0 Å². The molecule has 0 saturated heterocycles. The predicted molar refractivity (Wildman–Crippen MR) is 107 cm³/mol. The number of thioether (sulfide) groups is 1. The van der Waals surface area contributed by atoms with E-state index in [0.717, 1.165) is 17.1 Å². The second-order valence-corrected chi connectivity index (χ2v) is 7.68. The van der Waals surface area contributed by atoms with Gasteiger partial charge in [0.25, 0.3) is 5.91 Å². The van der Waals surface area contributed by atoms with E-state index in [0.29, 0.717) is 12.1 Å². The zero-order valence-electron chi connectivity index (χ0n) is 15.6. The van der Waals surface area contributed by atoms with Crippen molar-refractivity contribution in [1.29, 1.82) is 0 Å². The lowest BCUT2D eigenvalue weighted by Crippen LogP contribution is -2.49. The minimum atomic E-state index is -0.581. The smallest absolute Gasteiger partial charge is 0.251 e. The van der Waals surface area contributed by atoms with Crippen LogP contribution >= 0.6 is 11.8 Å². The van der Waals surface area contributed by atoms with Crippen molar-refractivity contribution >= 4 is 23.6 Å². The first-order valence-electron chi connectivity index (χ1n) is 8.99. The average molecular weight is 389 g/mol. The minimum absolute atomic E-state index is 0.0220. The Labute approximate surface area is 163 Å². The molecule has 0 aliphatic rings. The van der Waals surface area contributed by atoms with Gasteiger partial charge in [-0.05, 0) is 54.5 Å². The number of amides is 2. The Bertz CT molecular complexity index is 736. The van der Waals surface area contributed by atoms with Gasteiger partial charge in [-0.25, -0.2) is 4.39 Å². The van der Waals surface area contributed by atoms with Crippen molar-refractivity contribution in [3.8, 4) is 0 Å². The van der Waals surface area contributed by atoms with Gasteiger partial charge in [0.15, 0.2) is 0 Å². The molecule has 0 saturated carbocycles. The Morgan fingerprint density at radius 3 is 2.33 bits per heavy atom. The molecule has 6 heteroatoms. The highest BCUT2D eigenvalue weighted by molar-refractivity contribution is 7.99. The molecule has 2 aromatic rings. The average Bonchev–Trinajstić information content (AvgIpc) is 2.67. The fourth-order valence-electron chi connectivity index (χ4n) is 2.46. The molecule has 0 bridgehead atoms. The lowest BCUT2D eigenvalue weighted by molar-refractivity contribution is -0.123. The highest BCUT2D eigenvalue weighted by atomic mass is 32.2. The van der Waals surface area contributed by atoms with Crippen LogP contribution in [0.2, 0.25) is 0 Å². The third kappa shape index (κ3) is 7.06. The highest BCUT2D eigenvalue weighted by Gasteiger charge is 2.24. The van der Waals surface area contributed by atoms with Crippen LogP contribution in [0.25, 0.3) is 0 Å². The quantitative estimate of drug-likeness (QED) is 0.506. The number of carbonyl (C=O) groups is 2. The molecule has 0 radical (unpaired) electrons. The molecule has 2 amide bonds. The fraction of sp³-hybridized carbons (Fsp3) is 0.333. The van der Waals surface area contributed by atoms with E-state index >= 15 is 0 Å².